The van der Waals surface area contributed by atoms with Crippen LogP contribution in [0, 0.1) is 5.92 Å². The molecule has 0 aliphatic carbocycles. The van der Waals surface area contributed by atoms with Crippen LogP contribution in [-0.2, 0) is 16.0 Å². The minimum Gasteiger partial charge on any atom is -0.493 e. The Morgan fingerprint density at radius 1 is 1.16 bits per heavy atom. The molecule has 0 atom stereocenters. The number of amides is 2. The number of nitrogens with one attached hydrogen (secondary N) is 1. The third-order valence-electron chi connectivity index (χ3n) is 3.94. The number of hydrogen-bond acceptors (Lipinski definition) is 4. The molecule has 6 nitrogen and oxygen atoms in total. The zero-order valence-electron chi connectivity index (χ0n) is 15.9. The molecule has 1 rings (SSSR count). The number of carbonyl (C=O) groups excluding carboxylic acids is 2. The van der Waals surface area contributed by atoms with Gasteiger partial charge in [-0.05, 0) is 36.5 Å². The standard InChI is InChI=1S/C19H30N2O4/c1-14(2)9-11-21(15(3)22)13-19(23)20-10-8-16-6-7-17(24-4)18(12-16)25-5/h6-7,12,14H,8-11,13H2,1-5H3,(H,20,23). The summed E-state index contributed by atoms with van der Waals surface area (Å²) in [6, 6.07) is 5.69. The minimum absolute atomic E-state index is 0.0734. The van der Waals surface area contributed by atoms with Crippen LogP contribution in [0.4, 0.5) is 0 Å². The van der Waals surface area contributed by atoms with E-state index in [0.29, 0.717) is 36.9 Å². The van der Waals surface area contributed by atoms with Crippen LogP contribution in [0.3, 0.4) is 0 Å². The third-order valence-corrected chi connectivity index (χ3v) is 3.94. The summed E-state index contributed by atoms with van der Waals surface area (Å²) in [6.45, 7) is 6.91. The predicted octanol–water partition coefficient (Wildman–Crippen LogP) is 2.26. The lowest BCUT2D eigenvalue weighted by atomic mass is 10.1. The summed E-state index contributed by atoms with van der Waals surface area (Å²) in [5.74, 6) is 1.63. The van der Waals surface area contributed by atoms with E-state index in [2.05, 4.69) is 19.2 Å². The number of carbonyl (C=O) groups is 2. The quantitative estimate of drug-likeness (QED) is 0.703. The summed E-state index contributed by atoms with van der Waals surface area (Å²) in [5, 5.41) is 2.87. The maximum absolute atomic E-state index is 12.1. The molecule has 0 fully saturated rings. The van der Waals surface area contributed by atoms with Gasteiger partial charge in [-0.3, -0.25) is 9.59 Å². The zero-order valence-corrected chi connectivity index (χ0v) is 15.9. The molecule has 0 aliphatic heterocycles. The van der Waals surface area contributed by atoms with Gasteiger partial charge >= 0.3 is 0 Å². The van der Waals surface area contributed by atoms with Gasteiger partial charge in [0, 0.05) is 20.0 Å². The lowest BCUT2D eigenvalue weighted by Crippen LogP contribution is -2.41. The molecular weight excluding hydrogens is 320 g/mol. The average Bonchev–Trinajstić information content (AvgIpc) is 2.57. The molecule has 0 bridgehead atoms. The SMILES string of the molecule is COc1ccc(CCNC(=O)CN(CCC(C)C)C(C)=O)cc1OC. The van der Waals surface area contributed by atoms with Crippen molar-refractivity contribution >= 4 is 11.8 Å². The van der Waals surface area contributed by atoms with Crippen molar-refractivity contribution in [1.29, 1.82) is 0 Å². The van der Waals surface area contributed by atoms with Gasteiger partial charge in [-0.1, -0.05) is 19.9 Å². The Morgan fingerprint density at radius 2 is 1.84 bits per heavy atom. The Morgan fingerprint density at radius 3 is 2.40 bits per heavy atom. The Labute approximate surface area is 150 Å². The summed E-state index contributed by atoms with van der Waals surface area (Å²) in [4.78, 5) is 25.3. The molecule has 1 aromatic carbocycles. The highest BCUT2D eigenvalue weighted by atomic mass is 16.5. The molecule has 0 saturated carbocycles. The van der Waals surface area contributed by atoms with Gasteiger partial charge in [0.1, 0.15) is 0 Å². The molecule has 1 N–H and O–H groups in total. The molecule has 0 heterocycles. The molecule has 0 radical (unpaired) electrons. The van der Waals surface area contributed by atoms with Gasteiger partial charge < -0.3 is 19.7 Å². The van der Waals surface area contributed by atoms with Crippen molar-refractivity contribution in [3.63, 3.8) is 0 Å². The molecule has 25 heavy (non-hydrogen) atoms. The molecule has 6 heteroatoms. The third kappa shape index (κ3) is 7.45. The van der Waals surface area contributed by atoms with E-state index in [1.54, 1.807) is 19.1 Å². The van der Waals surface area contributed by atoms with Gasteiger partial charge in [0.05, 0.1) is 20.8 Å². The Bertz CT molecular complexity index is 573. The molecule has 0 saturated heterocycles. The molecule has 0 unspecified atom stereocenters. The van der Waals surface area contributed by atoms with E-state index in [0.717, 1.165) is 12.0 Å². The Kier molecular flexibility index (Phi) is 8.81. The van der Waals surface area contributed by atoms with Crippen molar-refractivity contribution in [2.45, 2.75) is 33.6 Å². The molecule has 0 aliphatic rings. The van der Waals surface area contributed by atoms with Crippen molar-refractivity contribution in [3.8, 4) is 11.5 Å². The zero-order chi connectivity index (χ0) is 18.8. The van der Waals surface area contributed by atoms with Crippen LogP contribution in [0.5, 0.6) is 11.5 Å². The monoisotopic (exact) mass is 350 g/mol. The molecule has 2 amide bonds. The van der Waals surface area contributed by atoms with Gasteiger partial charge in [-0.15, -0.1) is 0 Å². The van der Waals surface area contributed by atoms with Crippen LogP contribution in [-0.4, -0.2) is 50.6 Å². The number of rotatable bonds is 10. The first-order valence-electron chi connectivity index (χ1n) is 8.60. The summed E-state index contributed by atoms with van der Waals surface area (Å²) in [5.41, 5.74) is 1.04. The number of nitrogens with zero attached hydrogens (tertiary/aromatic N) is 1. The van der Waals surface area contributed by atoms with Crippen LogP contribution in [0.1, 0.15) is 32.8 Å². The molecule has 0 aromatic heterocycles. The van der Waals surface area contributed by atoms with Crippen molar-refractivity contribution in [3.05, 3.63) is 23.8 Å². The van der Waals surface area contributed by atoms with E-state index in [4.69, 9.17) is 9.47 Å². The highest BCUT2D eigenvalue weighted by Crippen LogP contribution is 2.27. The molecule has 0 spiro atoms. The highest BCUT2D eigenvalue weighted by Gasteiger charge is 2.13. The maximum Gasteiger partial charge on any atom is 0.239 e. The largest absolute Gasteiger partial charge is 0.493 e. The fraction of sp³-hybridized carbons (Fsp3) is 0.579. The maximum atomic E-state index is 12.1. The van der Waals surface area contributed by atoms with Crippen LogP contribution in [0.15, 0.2) is 18.2 Å². The lowest BCUT2D eigenvalue weighted by molar-refractivity contribution is -0.134. The van der Waals surface area contributed by atoms with Crippen LogP contribution in [0.25, 0.3) is 0 Å². The normalized spacial score (nSPS) is 10.5. The van der Waals surface area contributed by atoms with Gasteiger partial charge in [0.15, 0.2) is 11.5 Å². The Balaban J connectivity index is 2.46. The van der Waals surface area contributed by atoms with Gasteiger partial charge in [0.2, 0.25) is 11.8 Å². The summed E-state index contributed by atoms with van der Waals surface area (Å²) in [6.07, 6.45) is 1.57. The average molecular weight is 350 g/mol. The summed E-state index contributed by atoms with van der Waals surface area (Å²) in [7, 11) is 3.19. The topological polar surface area (TPSA) is 67.9 Å². The van der Waals surface area contributed by atoms with Crippen molar-refractivity contribution in [1.82, 2.24) is 10.2 Å². The first-order chi connectivity index (χ1) is 11.9. The Hall–Kier alpha value is -2.24. The second kappa shape index (κ2) is 10.6. The van der Waals surface area contributed by atoms with Crippen LogP contribution in [0.2, 0.25) is 0 Å². The number of benzene rings is 1. The van der Waals surface area contributed by atoms with Gasteiger partial charge in [-0.2, -0.15) is 0 Å². The first kappa shape index (κ1) is 20.8. The summed E-state index contributed by atoms with van der Waals surface area (Å²) >= 11 is 0. The molecule has 1 aromatic rings. The van der Waals surface area contributed by atoms with Crippen molar-refractivity contribution in [2.75, 3.05) is 33.9 Å². The van der Waals surface area contributed by atoms with E-state index in [1.165, 1.54) is 6.92 Å². The van der Waals surface area contributed by atoms with E-state index in [9.17, 15) is 9.59 Å². The fourth-order valence-corrected chi connectivity index (χ4v) is 2.37. The minimum atomic E-state index is -0.139. The highest BCUT2D eigenvalue weighted by molar-refractivity contribution is 5.83. The van der Waals surface area contributed by atoms with Crippen molar-refractivity contribution < 1.29 is 19.1 Å². The van der Waals surface area contributed by atoms with Crippen LogP contribution < -0.4 is 14.8 Å². The van der Waals surface area contributed by atoms with Gasteiger partial charge in [0.25, 0.3) is 0 Å². The van der Waals surface area contributed by atoms with Gasteiger partial charge in [-0.25, -0.2) is 0 Å². The smallest absolute Gasteiger partial charge is 0.239 e. The van der Waals surface area contributed by atoms with Crippen LogP contribution >= 0.6 is 0 Å². The second-order valence-electron chi connectivity index (χ2n) is 6.41. The summed E-state index contributed by atoms with van der Waals surface area (Å²) < 4.78 is 10.5. The predicted molar refractivity (Wildman–Crippen MR) is 98.0 cm³/mol. The van der Waals surface area contributed by atoms with E-state index in [1.807, 2.05) is 18.2 Å². The number of hydrogen-bond donors (Lipinski definition) is 1. The van der Waals surface area contributed by atoms with E-state index >= 15 is 0 Å². The second-order valence-corrected chi connectivity index (χ2v) is 6.41. The number of ether oxygens (including phenoxy) is 2. The first-order valence-corrected chi connectivity index (χ1v) is 8.60. The fourth-order valence-electron chi connectivity index (χ4n) is 2.37. The lowest BCUT2D eigenvalue weighted by Gasteiger charge is -2.21. The van der Waals surface area contributed by atoms with E-state index < -0.39 is 0 Å². The van der Waals surface area contributed by atoms with E-state index in [-0.39, 0.29) is 18.4 Å². The van der Waals surface area contributed by atoms with Crippen molar-refractivity contribution in [2.24, 2.45) is 5.92 Å². The molecule has 140 valence electrons. The number of methoxy groups -OCH3 is 2. The molecular formula is C19H30N2O4.